The molecule has 0 aliphatic heterocycles. The number of amides is 1. The van der Waals surface area contributed by atoms with Gasteiger partial charge < -0.3 is 5.32 Å². The van der Waals surface area contributed by atoms with Crippen LogP contribution in [0.15, 0.2) is 47.8 Å². The van der Waals surface area contributed by atoms with E-state index in [4.69, 9.17) is 23.2 Å². The number of hydrogen-bond donors (Lipinski definition) is 2. The van der Waals surface area contributed by atoms with Gasteiger partial charge in [-0.15, -0.1) is 11.3 Å². The highest BCUT2D eigenvalue weighted by molar-refractivity contribution is 7.92. The lowest BCUT2D eigenvalue weighted by atomic mass is 10.1. The van der Waals surface area contributed by atoms with Crippen LogP contribution in [0.1, 0.15) is 5.56 Å². The van der Waals surface area contributed by atoms with Gasteiger partial charge in [0.2, 0.25) is 15.9 Å². The van der Waals surface area contributed by atoms with E-state index < -0.39 is 10.0 Å². The summed E-state index contributed by atoms with van der Waals surface area (Å²) in [5.41, 5.74) is 2.70. The van der Waals surface area contributed by atoms with Gasteiger partial charge in [-0.2, -0.15) is 0 Å². The number of carbonyl (C=O) groups is 1. The number of sulfonamides is 1. The molecule has 0 aliphatic carbocycles. The van der Waals surface area contributed by atoms with Crippen molar-refractivity contribution in [1.29, 1.82) is 0 Å². The number of aromatic nitrogens is 1. The zero-order valence-corrected chi connectivity index (χ0v) is 17.7. The summed E-state index contributed by atoms with van der Waals surface area (Å²) in [5.74, 6) is -0.216. The zero-order valence-electron chi connectivity index (χ0n) is 14.6. The van der Waals surface area contributed by atoms with Crippen molar-refractivity contribution in [3.8, 4) is 11.3 Å². The predicted octanol–water partition coefficient (Wildman–Crippen LogP) is 4.67. The average Bonchev–Trinajstić information content (AvgIpc) is 3.06. The van der Waals surface area contributed by atoms with E-state index in [-0.39, 0.29) is 12.3 Å². The van der Waals surface area contributed by atoms with Gasteiger partial charge >= 0.3 is 0 Å². The monoisotopic (exact) mass is 455 g/mol. The van der Waals surface area contributed by atoms with E-state index >= 15 is 0 Å². The lowest BCUT2D eigenvalue weighted by molar-refractivity contribution is -0.115. The SMILES string of the molecule is CS(=O)(=O)Nc1ccc(-c2csc(NC(=O)Cc3ccc(Cl)c(Cl)c3)n2)cc1. The molecule has 3 rings (SSSR count). The lowest BCUT2D eigenvalue weighted by Gasteiger charge is -2.04. The number of nitrogens with one attached hydrogen (secondary N) is 2. The molecule has 1 aromatic heterocycles. The summed E-state index contributed by atoms with van der Waals surface area (Å²) in [5, 5.41) is 5.88. The van der Waals surface area contributed by atoms with Crippen molar-refractivity contribution in [2.24, 2.45) is 0 Å². The molecule has 0 saturated carbocycles. The summed E-state index contributed by atoms with van der Waals surface area (Å²) in [6, 6.07) is 11.9. The number of benzene rings is 2. The van der Waals surface area contributed by atoms with E-state index in [1.54, 1.807) is 42.5 Å². The number of nitrogens with zero attached hydrogens (tertiary/aromatic N) is 1. The second-order valence-corrected chi connectivity index (χ2v) is 9.38. The molecule has 0 radical (unpaired) electrons. The first-order valence-electron chi connectivity index (χ1n) is 7.97. The smallest absolute Gasteiger partial charge is 0.230 e. The number of anilines is 2. The number of thiazole rings is 1. The predicted molar refractivity (Wildman–Crippen MR) is 115 cm³/mol. The fourth-order valence-corrected chi connectivity index (χ4v) is 4.01. The first kappa shape index (κ1) is 20.6. The van der Waals surface area contributed by atoms with Gasteiger partial charge in [-0.3, -0.25) is 9.52 Å². The van der Waals surface area contributed by atoms with Gasteiger partial charge in [-0.25, -0.2) is 13.4 Å². The summed E-state index contributed by atoms with van der Waals surface area (Å²) in [6.07, 6.45) is 1.24. The van der Waals surface area contributed by atoms with Crippen LogP contribution in [0.2, 0.25) is 10.0 Å². The molecule has 2 N–H and O–H groups in total. The quantitative estimate of drug-likeness (QED) is 0.564. The minimum atomic E-state index is -3.32. The molecule has 10 heteroatoms. The molecule has 0 atom stereocenters. The van der Waals surface area contributed by atoms with Gasteiger partial charge in [0, 0.05) is 16.6 Å². The average molecular weight is 456 g/mol. The molecule has 2 aromatic carbocycles. The third kappa shape index (κ3) is 5.68. The molecule has 0 aliphatic rings. The lowest BCUT2D eigenvalue weighted by Crippen LogP contribution is -2.14. The van der Waals surface area contributed by atoms with Crippen molar-refractivity contribution >= 4 is 61.3 Å². The van der Waals surface area contributed by atoms with Gasteiger partial charge in [0.25, 0.3) is 0 Å². The van der Waals surface area contributed by atoms with Crippen LogP contribution in [-0.4, -0.2) is 25.6 Å². The maximum atomic E-state index is 12.2. The highest BCUT2D eigenvalue weighted by Crippen LogP contribution is 2.27. The van der Waals surface area contributed by atoms with Crippen molar-refractivity contribution in [2.45, 2.75) is 6.42 Å². The van der Waals surface area contributed by atoms with Crippen molar-refractivity contribution < 1.29 is 13.2 Å². The van der Waals surface area contributed by atoms with Gasteiger partial charge in [0.15, 0.2) is 5.13 Å². The molecule has 146 valence electrons. The summed E-state index contributed by atoms with van der Waals surface area (Å²) in [7, 11) is -3.32. The second kappa shape index (κ2) is 8.48. The molecule has 1 heterocycles. The van der Waals surface area contributed by atoms with E-state index in [1.165, 1.54) is 11.3 Å². The minimum absolute atomic E-state index is 0.150. The Hall–Kier alpha value is -2.13. The van der Waals surface area contributed by atoms with E-state index in [0.29, 0.717) is 26.6 Å². The highest BCUT2D eigenvalue weighted by atomic mass is 35.5. The Morgan fingerprint density at radius 3 is 2.46 bits per heavy atom. The van der Waals surface area contributed by atoms with Gasteiger partial charge in [0.05, 0.1) is 28.4 Å². The van der Waals surface area contributed by atoms with Crippen molar-refractivity contribution in [3.63, 3.8) is 0 Å². The van der Waals surface area contributed by atoms with Gasteiger partial charge in [-0.1, -0.05) is 41.4 Å². The Bertz CT molecular complexity index is 1110. The van der Waals surface area contributed by atoms with Crippen LogP contribution in [0.4, 0.5) is 10.8 Å². The number of rotatable bonds is 6. The largest absolute Gasteiger partial charge is 0.302 e. The molecule has 3 aromatic rings. The fourth-order valence-electron chi connectivity index (χ4n) is 2.39. The summed E-state index contributed by atoms with van der Waals surface area (Å²) in [6.45, 7) is 0. The molecule has 1 amide bonds. The normalized spacial score (nSPS) is 11.2. The highest BCUT2D eigenvalue weighted by Gasteiger charge is 2.10. The van der Waals surface area contributed by atoms with Crippen LogP contribution in [-0.2, 0) is 21.2 Å². The maximum absolute atomic E-state index is 12.2. The molecule has 0 unspecified atom stereocenters. The molecule has 0 saturated heterocycles. The molecule has 6 nitrogen and oxygen atoms in total. The molecular weight excluding hydrogens is 441 g/mol. The van der Waals surface area contributed by atoms with Crippen molar-refractivity contribution in [3.05, 3.63) is 63.5 Å². The van der Waals surface area contributed by atoms with Crippen LogP contribution in [0, 0.1) is 0 Å². The van der Waals surface area contributed by atoms with E-state index in [2.05, 4.69) is 15.0 Å². The first-order valence-corrected chi connectivity index (χ1v) is 11.5. The molecule has 28 heavy (non-hydrogen) atoms. The van der Waals surface area contributed by atoms with E-state index in [9.17, 15) is 13.2 Å². The zero-order chi connectivity index (χ0) is 20.3. The topological polar surface area (TPSA) is 88.2 Å². The first-order chi connectivity index (χ1) is 13.2. The van der Waals surface area contributed by atoms with Crippen LogP contribution in [0.3, 0.4) is 0 Å². The fraction of sp³-hybridized carbons (Fsp3) is 0.111. The third-order valence-corrected chi connectivity index (χ3v) is 5.69. The number of halogens is 2. The minimum Gasteiger partial charge on any atom is -0.302 e. The molecule has 0 fully saturated rings. The molecular formula is C18H15Cl2N3O3S2. The second-order valence-electron chi connectivity index (χ2n) is 5.96. The Balaban J connectivity index is 1.65. The molecule has 0 bridgehead atoms. The Morgan fingerprint density at radius 2 is 1.82 bits per heavy atom. The number of hydrogen-bond acceptors (Lipinski definition) is 5. The van der Waals surface area contributed by atoms with E-state index in [1.807, 2.05) is 5.38 Å². The Kier molecular flexibility index (Phi) is 6.24. The summed E-state index contributed by atoms with van der Waals surface area (Å²) < 4.78 is 24.9. The summed E-state index contributed by atoms with van der Waals surface area (Å²) in [4.78, 5) is 16.6. The third-order valence-electron chi connectivity index (χ3n) is 3.58. The van der Waals surface area contributed by atoms with Gasteiger partial charge in [0.1, 0.15) is 0 Å². The summed E-state index contributed by atoms with van der Waals surface area (Å²) >= 11 is 13.1. The standard InChI is InChI=1S/C18H15Cl2N3O3S2/c1-28(25,26)23-13-5-3-12(4-6-13)16-10-27-18(21-16)22-17(24)9-11-2-7-14(19)15(20)8-11/h2-8,10,23H,9H2,1H3,(H,21,22,24). The van der Waals surface area contributed by atoms with Crippen LogP contribution >= 0.6 is 34.5 Å². The Labute approximate surface area is 176 Å². The van der Waals surface area contributed by atoms with E-state index in [0.717, 1.165) is 17.4 Å². The number of carbonyl (C=O) groups excluding carboxylic acids is 1. The Morgan fingerprint density at radius 1 is 1.11 bits per heavy atom. The maximum Gasteiger partial charge on any atom is 0.230 e. The van der Waals surface area contributed by atoms with Gasteiger partial charge in [-0.05, 0) is 29.8 Å². The van der Waals surface area contributed by atoms with Crippen LogP contribution in [0.25, 0.3) is 11.3 Å². The van der Waals surface area contributed by atoms with Crippen molar-refractivity contribution in [2.75, 3.05) is 16.3 Å². The van der Waals surface area contributed by atoms with Crippen molar-refractivity contribution in [1.82, 2.24) is 4.98 Å². The molecule has 0 spiro atoms. The van der Waals surface area contributed by atoms with Crippen LogP contribution in [0.5, 0.6) is 0 Å². The van der Waals surface area contributed by atoms with Crippen LogP contribution < -0.4 is 10.0 Å².